The Morgan fingerprint density at radius 3 is 2.62 bits per heavy atom. The van der Waals surface area contributed by atoms with Crippen LogP contribution in [0, 0.1) is 6.92 Å². The van der Waals surface area contributed by atoms with Crippen molar-refractivity contribution < 1.29 is 5.11 Å². The highest BCUT2D eigenvalue weighted by atomic mass is 16.3. The number of nitrogens with zero attached hydrogens (tertiary/aromatic N) is 4. The van der Waals surface area contributed by atoms with E-state index in [9.17, 15) is 5.11 Å². The second kappa shape index (κ2) is 7.07. The lowest BCUT2D eigenvalue weighted by Gasteiger charge is -2.37. The maximum atomic E-state index is 9.48. The molecule has 1 fully saturated rings. The summed E-state index contributed by atoms with van der Waals surface area (Å²) in [6, 6.07) is 0.994. The lowest BCUT2D eigenvalue weighted by molar-refractivity contribution is 0.298. The summed E-state index contributed by atoms with van der Waals surface area (Å²) in [7, 11) is 1.88. The van der Waals surface area contributed by atoms with Crippen LogP contribution in [0.2, 0.25) is 0 Å². The second-order valence-corrected chi connectivity index (χ2v) is 6.07. The highest BCUT2D eigenvalue weighted by Crippen LogP contribution is 2.34. The zero-order chi connectivity index (χ0) is 15.4. The van der Waals surface area contributed by atoms with Crippen LogP contribution in [0.3, 0.4) is 0 Å². The van der Waals surface area contributed by atoms with Crippen LogP contribution in [0.1, 0.15) is 51.8 Å². The molecule has 118 valence electrons. The molecule has 21 heavy (non-hydrogen) atoms. The molecule has 0 aliphatic heterocycles. The number of aryl methyl sites for hydroxylation is 1. The van der Waals surface area contributed by atoms with Crippen LogP contribution >= 0.6 is 0 Å². The van der Waals surface area contributed by atoms with E-state index in [1.807, 2.05) is 20.2 Å². The molecule has 0 bridgehead atoms. The van der Waals surface area contributed by atoms with Crippen LogP contribution in [0.4, 0.5) is 11.5 Å². The molecule has 2 rings (SSSR count). The Labute approximate surface area is 128 Å². The molecule has 1 saturated carbocycles. The molecule has 1 aromatic heterocycles. The van der Waals surface area contributed by atoms with Crippen molar-refractivity contribution in [2.24, 2.45) is 0 Å². The number of aromatic nitrogens is 2. The van der Waals surface area contributed by atoms with Gasteiger partial charge in [0, 0.05) is 19.1 Å². The predicted octanol–water partition coefficient (Wildman–Crippen LogP) is 2.72. The molecule has 1 aliphatic carbocycles. The Morgan fingerprint density at radius 1 is 1.38 bits per heavy atom. The standard InChI is InChI=1S/C16H28N4O/c1-5-12(2)20(14-8-6-7-9-14)16-15(19(4)11-21)10-17-13(3)18-16/h10,12,14,21H,5-9,11H2,1-4H3. The number of hydrogen-bond acceptors (Lipinski definition) is 5. The number of rotatable bonds is 6. The van der Waals surface area contributed by atoms with Gasteiger partial charge in [-0.05, 0) is 33.1 Å². The Bertz CT molecular complexity index is 460. The third-order valence-electron chi connectivity index (χ3n) is 4.52. The van der Waals surface area contributed by atoms with Gasteiger partial charge in [-0.3, -0.25) is 0 Å². The topological polar surface area (TPSA) is 52.5 Å². The van der Waals surface area contributed by atoms with Gasteiger partial charge in [-0.1, -0.05) is 19.8 Å². The first kappa shape index (κ1) is 16.0. The van der Waals surface area contributed by atoms with Gasteiger partial charge in [-0.15, -0.1) is 0 Å². The van der Waals surface area contributed by atoms with Crippen molar-refractivity contribution in [3.8, 4) is 0 Å². The number of anilines is 2. The summed E-state index contributed by atoms with van der Waals surface area (Å²) in [5.41, 5.74) is 0.912. The van der Waals surface area contributed by atoms with Crippen LogP contribution < -0.4 is 9.80 Å². The molecule has 0 amide bonds. The fourth-order valence-electron chi connectivity index (χ4n) is 3.11. The summed E-state index contributed by atoms with van der Waals surface area (Å²) in [4.78, 5) is 13.3. The summed E-state index contributed by atoms with van der Waals surface area (Å²) in [6.07, 6.45) is 7.98. The van der Waals surface area contributed by atoms with Gasteiger partial charge in [0.25, 0.3) is 0 Å². The smallest absolute Gasteiger partial charge is 0.156 e. The van der Waals surface area contributed by atoms with Crippen molar-refractivity contribution in [1.82, 2.24) is 9.97 Å². The fourth-order valence-corrected chi connectivity index (χ4v) is 3.11. The minimum Gasteiger partial charge on any atom is -0.376 e. The third kappa shape index (κ3) is 3.46. The van der Waals surface area contributed by atoms with E-state index in [4.69, 9.17) is 4.98 Å². The van der Waals surface area contributed by atoms with Crippen molar-refractivity contribution in [2.45, 2.75) is 65.0 Å². The fraction of sp³-hybridized carbons (Fsp3) is 0.750. The maximum Gasteiger partial charge on any atom is 0.156 e. The van der Waals surface area contributed by atoms with E-state index in [-0.39, 0.29) is 6.73 Å². The number of aliphatic hydroxyl groups is 1. The molecular formula is C16H28N4O. The van der Waals surface area contributed by atoms with Crippen molar-refractivity contribution in [2.75, 3.05) is 23.6 Å². The van der Waals surface area contributed by atoms with E-state index in [0.29, 0.717) is 12.1 Å². The molecule has 0 saturated heterocycles. The summed E-state index contributed by atoms with van der Waals surface area (Å²) in [5, 5.41) is 9.48. The van der Waals surface area contributed by atoms with Crippen LogP contribution in [-0.2, 0) is 0 Å². The number of aliphatic hydroxyl groups excluding tert-OH is 1. The van der Waals surface area contributed by atoms with Crippen LogP contribution in [0.5, 0.6) is 0 Å². The monoisotopic (exact) mass is 292 g/mol. The molecule has 0 aromatic carbocycles. The minimum absolute atomic E-state index is 0.0293. The van der Waals surface area contributed by atoms with Crippen molar-refractivity contribution in [1.29, 1.82) is 0 Å². The second-order valence-electron chi connectivity index (χ2n) is 6.07. The van der Waals surface area contributed by atoms with Crippen LogP contribution in [0.25, 0.3) is 0 Å². The average Bonchev–Trinajstić information content (AvgIpc) is 3.00. The van der Waals surface area contributed by atoms with E-state index < -0.39 is 0 Å². The van der Waals surface area contributed by atoms with Gasteiger partial charge < -0.3 is 14.9 Å². The normalized spacial score (nSPS) is 17.0. The molecule has 1 aromatic rings. The first-order chi connectivity index (χ1) is 10.1. The zero-order valence-electron chi connectivity index (χ0n) is 13.7. The highest BCUT2D eigenvalue weighted by molar-refractivity contribution is 5.66. The van der Waals surface area contributed by atoms with Crippen molar-refractivity contribution in [3.05, 3.63) is 12.0 Å². The molecular weight excluding hydrogens is 264 g/mol. The molecule has 5 nitrogen and oxygen atoms in total. The van der Waals surface area contributed by atoms with Gasteiger partial charge in [0.2, 0.25) is 0 Å². The van der Waals surface area contributed by atoms with E-state index >= 15 is 0 Å². The maximum absolute atomic E-state index is 9.48. The molecule has 1 heterocycles. The van der Waals surface area contributed by atoms with Gasteiger partial charge in [0.15, 0.2) is 5.82 Å². The summed E-state index contributed by atoms with van der Waals surface area (Å²) >= 11 is 0. The third-order valence-corrected chi connectivity index (χ3v) is 4.52. The lowest BCUT2D eigenvalue weighted by atomic mass is 10.1. The Hall–Kier alpha value is -1.36. The van der Waals surface area contributed by atoms with E-state index in [1.165, 1.54) is 25.7 Å². The van der Waals surface area contributed by atoms with Gasteiger partial charge in [-0.25, -0.2) is 9.97 Å². The average molecular weight is 292 g/mol. The molecule has 5 heteroatoms. The van der Waals surface area contributed by atoms with Gasteiger partial charge in [-0.2, -0.15) is 0 Å². The molecule has 1 aliphatic rings. The quantitative estimate of drug-likeness (QED) is 0.817. The SMILES string of the molecule is CCC(C)N(c1nc(C)ncc1N(C)CO)C1CCCC1. The predicted molar refractivity (Wildman–Crippen MR) is 86.7 cm³/mol. The minimum atomic E-state index is -0.0293. The molecule has 0 spiro atoms. The Morgan fingerprint density at radius 2 is 2.05 bits per heavy atom. The van der Waals surface area contributed by atoms with E-state index in [1.54, 1.807) is 4.90 Å². The first-order valence-corrected chi connectivity index (χ1v) is 8.02. The van der Waals surface area contributed by atoms with Gasteiger partial charge >= 0.3 is 0 Å². The van der Waals surface area contributed by atoms with Crippen LogP contribution in [-0.4, -0.2) is 40.9 Å². The number of hydrogen-bond donors (Lipinski definition) is 1. The molecule has 1 N–H and O–H groups in total. The largest absolute Gasteiger partial charge is 0.376 e. The lowest BCUT2D eigenvalue weighted by Crippen LogP contribution is -2.42. The zero-order valence-corrected chi connectivity index (χ0v) is 13.7. The molecule has 0 radical (unpaired) electrons. The van der Waals surface area contributed by atoms with E-state index in [2.05, 4.69) is 23.7 Å². The first-order valence-electron chi connectivity index (χ1n) is 8.02. The van der Waals surface area contributed by atoms with E-state index in [0.717, 1.165) is 23.8 Å². The Kier molecular flexibility index (Phi) is 5.39. The summed E-state index contributed by atoms with van der Waals surface area (Å²) < 4.78 is 0. The van der Waals surface area contributed by atoms with Crippen molar-refractivity contribution in [3.63, 3.8) is 0 Å². The van der Waals surface area contributed by atoms with Gasteiger partial charge in [0.05, 0.1) is 6.20 Å². The highest BCUT2D eigenvalue weighted by Gasteiger charge is 2.29. The Balaban J connectivity index is 2.44. The summed E-state index contributed by atoms with van der Waals surface area (Å²) in [5.74, 6) is 1.76. The van der Waals surface area contributed by atoms with Gasteiger partial charge in [0.1, 0.15) is 18.2 Å². The summed E-state index contributed by atoms with van der Waals surface area (Å²) in [6.45, 7) is 6.38. The van der Waals surface area contributed by atoms with Crippen molar-refractivity contribution >= 4 is 11.5 Å². The molecule has 1 atom stereocenters. The molecule has 1 unspecified atom stereocenters. The van der Waals surface area contributed by atoms with Crippen LogP contribution in [0.15, 0.2) is 6.20 Å².